The van der Waals surface area contributed by atoms with Crippen LogP contribution in [0.4, 0.5) is 5.13 Å². The van der Waals surface area contributed by atoms with Crippen molar-refractivity contribution >= 4 is 34.1 Å². The lowest BCUT2D eigenvalue weighted by molar-refractivity contribution is -0.115. The van der Waals surface area contributed by atoms with Crippen LogP contribution in [-0.2, 0) is 18.3 Å². The minimum atomic E-state index is -0.262. The van der Waals surface area contributed by atoms with E-state index in [1.807, 2.05) is 39.3 Å². The quantitative estimate of drug-likeness (QED) is 0.855. The van der Waals surface area contributed by atoms with Crippen LogP contribution in [0, 0.1) is 13.8 Å². The lowest BCUT2D eigenvalue weighted by Gasteiger charge is -2.09. The maximum Gasteiger partial charge on any atom is 0.239 e. The number of nitrogens with one attached hydrogen (secondary N) is 1. The molecule has 0 aliphatic carbocycles. The zero-order chi connectivity index (χ0) is 15.6. The van der Waals surface area contributed by atoms with Crippen molar-refractivity contribution in [1.82, 2.24) is 19.7 Å². The number of hydrogen-bond donors (Lipinski definition) is 1. The van der Waals surface area contributed by atoms with Crippen molar-refractivity contribution in [2.24, 2.45) is 7.05 Å². The summed E-state index contributed by atoms with van der Waals surface area (Å²) in [4.78, 5) is 17.6. The molecule has 0 spiro atoms. The molecule has 8 heteroatoms. The number of thiazole rings is 1. The number of carbonyl (C=O) groups is 1. The van der Waals surface area contributed by atoms with E-state index in [4.69, 9.17) is 0 Å². The molecule has 1 atom stereocenters. The molecular formula is C13H19N5OS2. The van der Waals surface area contributed by atoms with Gasteiger partial charge in [-0.05, 0) is 20.8 Å². The van der Waals surface area contributed by atoms with Gasteiger partial charge >= 0.3 is 0 Å². The summed E-state index contributed by atoms with van der Waals surface area (Å²) in [5, 5.41) is 12.2. The van der Waals surface area contributed by atoms with E-state index >= 15 is 0 Å². The Kier molecular flexibility index (Phi) is 5.00. The van der Waals surface area contributed by atoms with Gasteiger partial charge in [0, 0.05) is 18.3 Å². The van der Waals surface area contributed by atoms with Gasteiger partial charge in [0.25, 0.3) is 0 Å². The normalized spacial score (nSPS) is 12.4. The highest BCUT2D eigenvalue weighted by Crippen LogP contribution is 2.25. The molecule has 0 saturated carbocycles. The Bertz CT molecular complexity index is 630. The molecule has 0 bridgehead atoms. The van der Waals surface area contributed by atoms with E-state index < -0.39 is 0 Å². The second-order valence-corrected chi connectivity index (χ2v) is 7.23. The minimum Gasteiger partial charge on any atom is -0.309 e. The second kappa shape index (κ2) is 6.57. The summed E-state index contributed by atoms with van der Waals surface area (Å²) in [6, 6.07) is 0. The molecule has 2 heterocycles. The van der Waals surface area contributed by atoms with Gasteiger partial charge in [0.15, 0.2) is 10.3 Å². The van der Waals surface area contributed by atoms with Crippen LogP contribution in [-0.4, -0.2) is 30.9 Å². The maximum atomic E-state index is 12.2. The number of aryl methyl sites for hydroxylation is 3. The summed E-state index contributed by atoms with van der Waals surface area (Å²) in [6.07, 6.45) is 0.822. The van der Waals surface area contributed by atoms with Crippen molar-refractivity contribution in [3.63, 3.8) is 0 Å². The third-order valence-corrected chi connectivity index (χ3v) is 5.27. The maximum absolute atomic E-state index is 12.2. The van der Waals surface area contributed by atoms with Gasteiger partial charge in [-0.1, -0.05) is 18.7 Å². The van der Waals surface area contributed by atoms with E-state index in [1.165, 1.54) is 23.1 Å². The standard InChI is InChI=1S/C13H19N5OS2/c1-6-10-16-17-13(18(10)5)21-9(4)11(19)15-12-14-7(2)8(3)20-12/h9H,6H2,1-5H3,(H,14,15,19)/t9-/m0/s1. The second-order valence-electron chi connectivity index (χ2n) is 4.72. The highest BCUT2D eigenvalue weighted by atomic mass is 32.2. The summed E-state index contributed by atoms with van der Waals surface area (Å²) in [5.41, 5.74) is 0.955. The number of rotatable bonds is 5. The molecule has 1 N–H and O–H groups in total. The molecular weight excluding hydrogens is 306 g/mol. The van der Waals surface area contributed by atoms with Crippen molar-refractivity contribution < 1.29 is 4.79 Å². The molecule has 114 valence electrons. The van der Waals surface area contributed by atoms with Gasteiger partial charge < -0.3 is 9.88 Å². The molecule has 0 aromatic carbocycles. The number of nitrogens with zero attached hydrogens (tertiary/aromatic N) is 4. The Morgan fingerprint density at radius 2 is 2.14 bits per heavy atom. The largest absolute Gasteiger partial charge is 0.309 e. The molecule has 21 heavy (non-hydrogen) atoms. The fraction of sp³-hybridized carbons (Fsp3) is 0.538. The van der Waals surface area contributed by atoms with Gasteiger partial charge in [0.1, 0.15) is 5.82 Å². The van der Waals surface area contributed by atoms with Gasteiger partial charge in [0.2, 0.25) is 5.91 Å². The van der Waals surface area contributed by atoms with Crippen LogP contribution < -0.4 is 5.32 Å². The Morgan fingerprint density at radius 1 is 1.43 bits per heavy atom. The van der Waals surface area contributed by atoms with Crippen LogP contribution in [0.1, 0.15) is 30.2 Å². The summed E-state index contributed by atoms with van der Waals surface area (Å²) in [6.45, 7) is 7.81. The Hall–Kier alpha value is -1.41. The van der Waals surface area contributed by atoms with E-state index in [2.05, 4.69) is 20.5 Å². The molecule has 1 amide bonds. The van der Waals surface area contributed by atoms with Crippen LogP contribution in [0.3, 0.4) is 0 Å². The first-order valence-electron chi connectivity index (χ1n) is 6.72. The predicted molar refractivity (Wildman–Crippen MR) is 85.9 cm³/mol. The number of carbonyl (C=O) groups excluding carboxylic acids is 1. The van der Waals surface area contributed by atoms with Crippen LogP contribution in [0.5, 0.6) is 0 Å². The molecule has 2 rings (SSSR count). The molecule has 2 aromatic heterocycles. The number of anilines is 1. The molecule has 0 radical (unpaired) electrons. The summed E-state index contributed by atoms with van der Waals surface area (Å²) in [5.74, 6) is 0.839. The molecule has 0 saturated heterocycles. The monoisotopic (exact) mass is 325 g/mol. The first kappa shape index (κ1) is 16.0. The lowest BCUT2D eigenvalue weighted by Crippen LogP contribution is -2.22. The van der Waals surface area contributed by atoms with Crippen molar-refractivity contribution in [2.45, 2.75) is 44.5 Å². The van der Waals surface area contributed by atoms with E-state index in [0.717, 1.165) is 28.0 Å². The van der Waals surface area contributed by atoms with Gasteiger partial charge in [0.05, 0.1) is 10.9 Å². The molecule has 0 aliphatic heterocycles. The molecule has 0 aliphatic rings. The summed E-state index contributed by atoms with van der Waals surface area (Å²) < 4.78 is 1.92. The van der Waals surface area contributed by atoms with Crippen LogP contribution >= 0.6 is 23.1 Å². The van der Waals surface area contributed by atoms with Crippen molar-refractivity contribution in [3.8, 4) is 0 Å². The molecule has 0 unspecified atom stereocenters. The Morgan fingerprint density at radius 3 is 2.67 bits per heavy atom. The molecule has 2 aromatic rings. The van der Waals surface area contributed by atoms with Gasteiger partial charge in [-0.15, -0.1) is 21.5 Å². The first-order valence-corrected chi connectivity index (χ1v) is 8.41. The lowest BCUT2D eigenvalue weighted by atomic mass is 10.4. The number of thioether (sulfide) groups is 1. The first-order chi connectivity index (χ1) is 9.92. The van der Waals surface area contributed by atoms with Gasteiger partial charge in [-0.3, -0.25) is 4.79 Å². The topological polar surface area (TPSA) is 72.7 Å². The van der Waals surface area contributed by atoms with Crippen molar-refractivity contribution in [3.05, 3.63) is 16.4 Å². The third-order valence-electron chi connectivity index (χ3n) is 3.15. The highest BCUT2D eigenvalue weighted by Gasteiger charge is 2.19. The fourth-order valence-corrected chi connectivity index (χ4v) is 3.35. The van der Waals surface area contributed by atoms with E-state index in [9.17, 15) is 4.79 Å². The zero-order valence-electron chi connectivity index (χ0n) is 12.8. The van der Waals surface area contributed by atoms with Gasteiger partial charge in [-0.25, -0.2) is 4.98 Å². The zero-order valence-corrected chi connectivity index (χ0v) is 14.4. The smallest absolute Gasteiger partial charge is 0.239 e. The number of amides is 1. The highest BCUT2D eigenvalue weighted by molar-refractivity contribution is 8.00. The van der Waals surface area contributed by atoms with Gasteiger partial charge in [-0.2, -0.15) is 0 Å². The van der Waals surface area contributed by atoms with Crippen LogP contribution in [0.15, 0.2) is 5.16 Å². The summed E-state index contributed by atoms with van der Waals surface area (Å²) >= 11 is 2.89. The average Bonchev–Trinajstić information content (AvgIpc) is 2.93. The van der Waals surface area contributed by atoms with Crippen molar-refractivity contribution in [1.29, 1.82) is 0 Å². The fourth-order valence-electron chi connectivity index (χ4n) is 1.70. The van der Waals surface area contributed by atoms with Crippen LogP contribution in [0.2, 0.25) is 0 Å². The number of hydrogen-bond acceptors (Lipinski definition) is 6. The predicted octanol–water partition coefficient (Wildman–Crippen LogP) is 2.57. The average molecular weight is 325 g/mol. The molecule has 6 nitrogen and oxygen atoms in total. The number of aromatic nitrogens is 4. The van der Waals surface area contributed by atoms with E-state index in [1.54, 1.807) is 0 Å². The SMILES string of the molecule is CCc1nnc(S[C@@H](C)C(=O)Nc2nc(C)c(C)s2)n1C. The van der Waals surface area contributed by atoms with Crippen molar-refractivity contribution in [2.75, 3.05) is 5.32 Å². The third kappa shape index (κ3) is 3.62. The summed E-state index contributed by atoms with van der Waals surface area (Å²) in [7, 11) is 1.92. The Labute approximate surface area is 132 Å². The van der Waals surface area contributed by atoms with Crippen LogP contribution in [0.25, 0.3) is 0 Å². The Balaban J connectivity index is 2.00. The van der Waals surface area contributed by atoms with E-state index in [0.29, 0.717) is 5.13 Å². The van der Waals surface area contributed by atoms with E-state index in [-0.39, 0.29) is 11.2 Å². The minimum absolute atomic E-state index is 0.0743. The molecule has 0 fully saturated rings.